The lowest BCUT2D eigenvalue weighted by atomic mass is 9.95. The Labute approximate surface area is 120 Å². The third-order valence-electron chi connectivity index (χ3n) is 5.04. The van der Waals surface area contributed by atoms with Crippen LogP contribution in [0.5, 0.6) is 0 Å². The Kier molecular flexibility index (Phi) is 5.70. The van der Waals surface area contributed by atoms with Gasteiger partial charge >= 0.3 is 0 Å². The molecule has 2 nitrogen and oxygen atoms in total. The Morgan fingerprint density at radius 3 is 2.42 bits per heavy atom. The second-order valence-corrected chi connectivity index (χ2v) is 7.35. The molecule has 1 heterocycles. The molecule has 2 aliphatic rings. The van der Waals surface area contributed by atoms with Gasteiger partial charge in [0.15, 0.2) is 0 Å². The minimum Gasteiger partial charge on any atom is -0.311 e. The van der Waals surface area contributed by atoms with E-state index in [1.54, 1.807) is 0 Å². The van der Waals surface area contributed by atoms with Gasteiger partial charge in [0.2, 0.25) is 0 Å². The van der Waals surface area contributed by atoms with E-state index in [0.29, 0.717) is 5.54 Å². The molecule has 1 aliphatic carbocycles. The average molecular weight is 266 g/mol. The van der Waals surface area contributed by atoms with Gasteiger partial charge in [-0.15, -0.1) is 0 Å². The van der Waals surface area contributed by atoms with Crippen molar-refractivity contribution in [3.63, 3.8) is 0 Å². The number of hydrogen-bond donors (Lipinski definition) is 1. The third kappa shape index (κ3) is 4.75. The second-order valence-electron chi connectivity index (χ2n) is 7.35. The van der Waals surface area contributed by atoms with E-state index in [-0.39, 0.29) is 0 Å². The number of hydrogen-bond acceptors (Lipinski definition) is 2. The molecule has 112 valence electrons. The van der Waals surface area contributed by atoms with Crippen molar-refractivity contribution in [1.29, 1.82) is 0 Å². The molecule has 0 aromatic rings. The van der Waals surface area contributed by atoms with Crippen molar-refractivity contribution in [2.24, 2.45) is 5.92 Å². The molecule has 0 spiro atoms. The lowest BCUT2D eigenvalue weighted by molar-refractivity contribution is 0.0590. The predicted molar refractivity (Wildman–Crippen MR) is 83.5 cm³/mol. The fourth-order valence-electron chi connectivity index (χ4n) is 3.33. The minimum absolute atomic E-state index is 0.356. The molecule has 0 radical (unpaired) electrons. The summed E-state index contributed by atoms with van der Waals surface area (Å²) in [5.41, 5.74) is 0.356. The molecule has 1 atom stereocenters. The van der Waals surface area contributed by atoms with Crippen LogP contribution in [-0.4, -0.2) is 36.1 Å². The van der Waals surface area contributed by atoms with Gasteiger partial charge in [-0.05, 0) is 45.6 Å². The van der Waals surface area contributed by atoms with E-state index in [1.807, 2.05) is 0 Å². The van der Waals surface area contributed by atoms with Crippen LogP contribution in [0, 0.1) is 5.92 Å². The molecule has 2 fully saturated rings. The van der Waals surface area contributed by atoms with Gasteiger partial charge < -0.3 is 5.32 Å². The molecule has 19 heavy (non-hydrogen) atoms. The van der Waals surface area contributed by atoms with Gasteiger partial charge in [0.1, 0.15) is 0 Å². The van der Waals surface area contributed by atoms with E-state index in [4.69, 9.17) is 0 Å². The lowest BCUT2D eigenvalue weighted by Crippen LogP contribution is -2.62. The summed E-state index contributed by atoms with van der Waals surface area (Å²) < 4.78 is 0. The molecule has 1 N–H and O–H groups in total. The number of piperazine rings is 1. The third-order valence-corrected chi connectivity index (χ3v) is 5.04. The highest BCUT2D eigenvalue weighted by atomic mass is 15.3. The van der Waals surface area contributed by atoms with Gasteiger partial charge in [-0.25, -0.2) is 0 Å². The molecule has 1 unspecified atom stereocenters. The smallest absolute Gasteiger partial charge is 0.0278 e. The molecular formula is C17H34N2. The van der Waals surface area contributed by atoms with Gasteiger partial charge in [0, 0.05) is 24.7 Å². The second kappa shape index (κ2) is 7.08. The summed E-state index contributed by atoms with van der Waals surface area (Å²) in [6.07, 6.45) is 11.4. The zero-order valence-electron chi connectivity index (χ0n) is 13.4. The molecule has 1 aliphatic heterocycles. The quantitative estimate of drug-likeness (QED) is 0.672. The van der Waals surface area contributed by atoms with Gasteiger partial charge in [-0.2, -0.15) is 0 Å². The number of nitrogens with one attached hydrogen (secondary N) is 1. The van der Waals surface area contributed by atoms with Gasteiger partial charge in [-0.1, -0.05) is 39.0 Å². The first kappa shape index (κ1) is 15.3. The van der Waals surface area contributed by atoms with Crippen molar-refractivity contribution < 1.29 is 0 Å². The van der Waals surface area contributed by atoms with Crippen molar-refractivity contribution in [3.05, 3.63) is 0 Å². The summed E-state index contributed by atoms with van der Waals surface area (Å²) in [6.45, 7) is 10.9. The SMILES string of the molecule is CCCCCCCCN1CC(C2CC2)NCC1(C)C. The molecular weight excluding hydrogens is 232 g/mol. The fourth-order valence-corrected chi connectivity index (χ4v) is 3.33. The zero-order chi connectivity index (χ0) is 13.7. The molecule has 2 heteroatoms. The molecule has 0 aromatic carbocycles. The highest BCUT2D eigenvalue weighted by Crippen LogP contribution is 2.35. The summed E-state index contributed by atoms with van der Waals surface area (Å²) in [5, 5.41) is 3.78. The Morgan fingerprint density at radius 1 is 1.05 bits per heavy atom. The molecule has 0 aromatic heterocycles. The van der Waals surface area contributed by atoms with Crippen LogP contribution in [0.1, 0.15) is 72.1 Å². The van der Waals surface area contributed by atoms with Crippen LogP contribution in [-0.2, 0) is 0 Å². The molecule has 0 amide bonds. The first-order chi connectivity index (χ1) is 9.13. The fraction of sp³-hybridized carbons (Fsp3) is 1.00. The molecule has 1 saturated carbocycles. The van der Waals surface area contributed by atoms with Crippen LogP contribution in [0.4, 0.5) is 0 Å². The van der Waals surface area contributed by atoms with Crippen LogP contribution >= 0.6 is 0 Å². The highest BCUT2D eigenvalue weighted by molar-refractivity contribution is 4.98. The topological polar surface area (TPSA) is 15.3 Å². The van der Waals surface area contributed by atoms with Crippen molar-refractivity contribution in [2.45, 2.75) is 83.7 Å². The maximum atomic E-state index is 3.78. The summed E-state index contributed by atoms with van der Waals surface area (Å²) in [6, 6.07) is 0.785. The molecule has 2 rings (SSSR count). The van der Waals surface area contributed by atoms with Crippen LogP contribution in [0.3, 0.4) is 0 Å². The van der Waals surface area contributed by atoms with Crippen LogP contribution in [0.15, 0.2) is 0 Å². The lowest BCUT2D eigenvalue weighted by Gasteiger charge is -2.46. The van der Waals surface area contributed by atoms with Crippen LogP contribution in [0.2, 0.25) is 0 Å². The largest absolute Gasteiger partial charge is 0.311 e. The number of unbranched alkanes of at least 4 members (excludes halogenated alkanes) is 5. The van der Waals surface area contributed by atoms with E-state index in [0.717, 1.165) is 12.0 Å². The van der Waals surface area contributed by atoms with Crippen LogP contribution in [0.25, 0.3) is 0 Å². The van der Waals surface area contributed by atoms with E-state index in [1.165, 1.54) is 71.0 Å². The maximum Gasteiger partial charge on any atom is 0.0278 e. The van der Waals surface area contributed by atoms with E-state index < -0.39 is 0 Å². The average Bonchev–Trinajstić information content (AvgIpc) is 3.19. The Hall–Kier alpha value is -0.0800. The van der Waals surface area contributed by atoms with Crippen molar-refractivity contribution in [1.82, 2.24) is 10.2 Å². The van der Waals surface area contributed by atoms with Crippen molar-refractivity contribution in [3.8, 4) is 0 Å². The summed E-state index contributed by atoms with van der Waals surface area (Å²) >= 11 is 0. The van der Waals surface area contributed by atoms with E-state index in [2.05, 4.69) is 31.0 Å². The van der Waals surface area contributed by atoms with E-state index >= 15 is 0 Å². The number of rotatable bonds is 8. The first-order valence-corrected chi connectivity index (χ1v) is 8.62. The Balaban J connectivity index is 1.66. The van der Waals surface area contributed by atoms with Gasteiger partial charge in [-0.3, -0.25) is 4.90 Å². The van der Waals surface area contributed by atoms with E-state index in [9.17, 15) is 0 Å². The normalized spacial score (nSPS) is 27.6. The monoisotopic (exact) mass is 266 g/mol. The molecule has 1 saturated heterocycles. The summed E-state index contributed by atoms with van der Waals surface area (Å²) in [4.78, 5) is 2.76. The summed E-state index contributed by atoms with van der Waals surface area (Å²) in [7, 11) is 0. The molecule has 0 bridgehead atoms. The first-order valence-electron chi connectivity index (χ1n) is 8.62. The Morgan fingerprint density at radius 2 is 1.74 bits per heavy atom. The Bertz CT molecular complexity index is 258. The van der Waals surface area contributed by atoms with Gasteiger partial charge in [0.25, 0.3) is 0 Å². The van der Waals surface area contributed by atoms with Crippen molar-refractivity contribution >= 4 is 0 Å². The number of nitrogens with zero attached hydrogens (tertiary/aromatic N) is 1. The predicted octanol–water partition coefficient (Wildman–Crippen LogP) is 3.81. The maximum absolute atomic E-state index is 3.78. The van der Waals surface area contributed by atoms with Crippen LogP contribution < -0.4 is 5.32 Å². The zero-order valence-corrected chi connectivity index (χ0v) is 13.4. The van der Waals surface area contributed by atoms with Gasteiger partial charge in [0.05, 0.1) is 0 Å². The highest BCUT2D eigenvalue weighted by Gasteiger charge is 2.39. The summed E-state index contributed by atoms with van der Waals surface area (Å²) in [5.74, 6) is 0.989. The standard InChI is InChI=1S/C17H34N2/c1-4-5-6-7-8-9-12-19-13-16(15-10-11-15)18-14-17(19,2)3/h15-16,18H,4-14H2,1-3H3. The van der Waals surface area contributed by atoms with Crippen molar-refractivity contribution in [2.75, 3.05) is 19.6 Å². The minimum atomic E-state index is 0.356.